The Morgan fingerprint density at radius 3 is 2.58 bits per heavy atom. The third-order valence-corrected chi connectivity index (χ3v) is 4.41. The van der Waals surface area contributed by atoms with E-state index in [1.807, 2.05) is 43.3 Å². The highest BCUT2D eigenvalue weighted by atomic mass is 32.1. The molecular formula is C18H18N4OS. The van der Waals surface area contributed by atoms with Crippen LogP contribution in [0.2, 0.25) is 0 Å². The molecule has 0 bridgehead atoms. The Morgan fingerprint density at radius 2 is 1.92 bits per heavy atom. The van der Waals surface area contributed by atoms with Crippen molar-refractivity contribution in [1.82, 2.24) is 14.9 Å². The molecule has 1 amide bonds. The van der Waals surface area contributed by atoms with Crippen molar-refractivity contribution in [2.24, 2.45) is 0 Å². The molecule has 1 N–H and O–H groups in total. The van der Waals surface area contributed by atoms with E-state index in [4.69, 9.17) is 0 Å². The molecular weight excluding hydrogens is 320 g/mol. The van der Waals surface area contributed by atoms with Crippen LogP contribution in [-0.4, -0.2) is 34.9 Å². The highest BCUT2D eigenvalue weighted by Crippen LogP contribution is 2.33. The van der Waals surface area contributed by atoms with Gasteiger partial charge in [-0.3, -0.25) is 9.78 Å². The minimum absolute atomic E-state index is 0.0587. The Labute approximate surface area is 145 Å². The number of thiazole rings is 1. The van der Waals surface area contributed by atoms with Gasteiger partial charge in [0.25, 0.3) is 5.91 Å². The monoisotopic (exact) mass is 338 g/mol. The second-order valence-corrected chi connectivity index (χ2v) is 6.63. The van der Waals surface area contributed by atoms with Crippen molar-refractivity contribution < 1.29 is 4.79 Å². The fraction of sp³-hybridized carbons (Fsp3) is 0.167. The summed E-state index contributed by atoms with van der Waals surface area (Å²) < 4.78 is 0. The van der Waals surface area contributed by atoms with Crippen molar-refractivity contribution in [2.45, 2.75) is 6.92 Å². The summed E-state index contributed by atoms with van der Waals surface area (Å²) in [6, 6.07) is 11.8. The second-order valence-electron chi connectivity index (χ2n) is 5.63. The zero-order valence-corrected chi connectivity index (χ0v) is 14.6. The summed E-state index contributed by atoms with van der Waals surface area (Å²) in [5.74, 6) is -0.0587. The van der Waals surface area contributed by atoms with Crippen molar-refractivity contribution >= 4 is 28.1 Å². The van der Waals surface area contributed by atoms with Gasteiger partial charge in [0.1, 0.15) is 4.88 Å². The Bertz CT molecular complexity index is 858. The number of aryl methyl sites for hydroxylation is 1. The number of nitrogens with zero attached hydrogens (tertiary/aromatic N) is 3. The number of carbonyl (C=O) groups excluding carboxylic acids is 1. The summed E-state index contributed by atoms with van der Waals surface area (Å²) in [6.45, 7) is 2.04. The largest absolute Gasteiger partial charge is 0.344 e. The molecule has 5 nitrogen and oxygen atoms in total. The van der Waals surface area contributed by atoms with E-state index >= 15 is 0 Å². The van der Waals surface area contributed by atoms with Gasteiger partial charge < -0.3 is 10.2 Å². The molecule has 0 aliphatic carbocycles. The molecule has 3 rings (SSSR count). The normalized spacial score (nSPS) is 10.5. The van der Waals surface area contributed by atoms with E-state index in [1.54, 1.807) is 31.4 Å². The third kappa shape index (κ3) is 3.44. The van der Waals surface area contributed by atoms with Crippen LogP contribution in [-0.2, 0) is 0 Å². The van der Waals surface area contributed by atoms with E-state index in [-0.39, 0.29) is 5.91 Å². The Balaban J connectivity index is 2.01. The molecule has 0 aliphatic heterocycles. The summed E-state index contributed by atoms with van der Waals surface area (Å²) in [5, 5.41) is 3.98. The van der Waals surface area contributed by atoms with Crippen LogP contribution in [0, 0.1) is 6.92 Å². The number of rotatable bonds is 4. The minimum Gasteiger partial charge on any atom is -0.344 e. The lowest BCUT2D eigenvalue weighted by molar-refractivity contribution is 0.0832. The molecule has 0 saturated heterocycles. The van der Waals surface area contributed by atoms with Crippen LogP contribution < -0.4 is 5.32 Å². The van der Waals surface area contributed by atoms with Gasteiger partial charge in [0.05, 0.1) is 5.69 Å². The molecule has 0 unspecified atom stereocenters. The topological polar surface area (TPSA) is 58.1 Å². The summed E-state index contributed by atoms with van der Waals surface area (Å²) >= 11 is 1.36. The molecule has 0 fully saturated rings. The SMILES string of the molecule is Cc1cccc(Nc2nc(-c3ccncc3)c(C(=O)N(C)C)s2)c1. The lowest BCUT2D eigenvalue weighted by atomic mass is 10.1. The van der Waals surface area contributed by atoms with Crippen LogP contribution in [0.3, 0.4) is 0 Å². The number of carbonyl (C=O) groups is 1. The van der Waals surface area contributed by atoms with E-state index in [1.165, 1.54) is 11.3 Å². The Kier molecular flexibility index (Phi) is 4.57. The van der Waals surface area contributed by atoms with E-state index < -0.39 is 0 Å². The standard InChI is InChI=1S/C18H18N4OS/c1-12-5-4-6-14(11-12)20-18-21-15(13-7-9-19-10-8-13)16(24-18)17(23)22(2)3/h4-11H,1-3H3,(H,20,21). The molecule has 0 spiro atoms. The number of amides is 1. The molecule has 6 heteroatoms. The van der Waals surface area contributed by atoms with Crippen molar-refractivity contribution in [3.8, 4) is 11.3 Å². The van der Waals surface area contributed by atoms with Crippen molar-refractivity contribution in [3.05, 3.63) is 59.2 Å². The second kappa shape index (κ2) is 6.80. The van der Waals surface area contributed by atoms with Crippen LogP contribution in [0.15, 0.2) is 48.8 Å². The maximum Gasteiger partial charge on any atom is 0.265 e. The lowest BCUT2D eigenvalue weighted by Crippen LogP contribution is -2.21. The molecule has 2 heterocycles. The van der Waals surface area contributed by atoms with E-state index in [2.05, 4.69) is 15.3 Å². The fourth-order valence-electron chi connectivity index (χ4n) is 2.27. The number of hydrogen-bond acceptors (Lipinski definition) is 5. The lowest BCUT2D eigenvalue weighted by Gasteiger charge is -2.09. The van der Waals surface area contributed by atoms with Gasteiger partial charge in [0, 0.05) is 37.7 Å². The summed E-state index contributed by atoms with van der Waals surface area (Å²) in [5.41, 5.74) is 3.67. The molecule has 0 saturated carbocycles. The zero-order chi connectivity index (χ0) is 17.1. The molecule has 3 aromatic rings. The molecule has 0 radical (unpaired) electrons. The summed E-state index contributed by atoms with van der Waals surface area (Å²) in [4.78, 5) is 23.4. The van der Waals surface area contributed by atoms with Gasteiger partial charge in [0.15, 0.2) is 5.13 Å². The highest BCUT2D eigenvalue weighted by molar-refractivity contribution is 7.18. The van der Waals surface area contributed by atoms with Gasteiger partial charge in [0.2, 0.25) is 0 Å². The fourth-order valence-corrected chi connectivity index (χ4v) is 3.30. The first-order valence-corrected chi connectivity index (χ1v) is 8.33. The molecule has 122 valence electrons. The average Bonchev–Trinajstić information content (AvgIpc) is 2.98. The molecule has 24 heavy (non-hydrogen) atoms. The number of aromatic nitrogens is 2. The van der Waals surface area contributed by atoms with Crippen LogP contribution in [0.4, 0.5) is 10.8 Å². The van der Waals surface area contributed by atoms with Gasteiger partial charge in [-0.05, 0) is 36.8 Å². The minimum atomic E-state index is -0.0587. The Hall–Kier alpha value is -2.73. The van der Waals surface area contributed by atoms with Crippen molar-refractivity contribution in [1.29, 1.82) is 0 Å². The zero-order valence-electron chi connectivity index (χ0n) is 13.8. The predicted octanol–water partition coefficient (Wildman–Crippen LogP) is 3.96. The number of pyridine rings is 1. The maximum absolute atomic E-state index is 12.5. The first-order chi connectivity index (χ1) is 11.5. The van der Waals surface area contributed by atoms with E-state index in [9.17, 15) is 4.79 Å². The summed E-state index contributed by atoms with van der Waals surface area (Å²) in [7, 11) is 3.48. The predicted molar refractivity (Wildman–Crippen MR) is 97.8 cm³/mol. The number of anilines is 2. The smallest absolute Gasteiger partial charge is 0.265 e. The summed E-state index contributed by atoms with van der Waals surface area (Å²) in [6.07, 6.45) is 3.40. The first kappa shape index (κ1) is 16.1. The van der Waals surface area contributed by atoms with Gasteiger partial charge in [-0.25, -0.2) is 4.98 Å². The van der Waals surface area contributed by atoms with Crippen LogP contribution in [0.1, 0.15) is 15.2 Å². The average molecular weight is 338 g/mol. The van der Waals surface area contributed by atoms with Crippen molar-refractivity contribution in [3.63, 3.8) is 0 Å². The number of nitrogens with one attached hydrogen (secondary N) is 1. The molecule has 0 atom stereocenters. The molecule has 1 aromatic carbocycles. The third-order valence-electron chi connectivity index (χ3n) is 3.45. The van der Waals surface area contributed by atoms with E-state index in [0.717, 1.165) is 16.8 Å². The first-order valence-electron chi connectivity index (χ1n) is 7.51. The van der Waals surface area contributed by atoms with Crippen LogP contribution >= 0.6 is 11.3 Å². The van der Waals surface area contributed by atoms with Crippen LogP contribution in [0.25, 0.3) is 11.3 Å². The van der Waals surface area contributed by atoms with E-state index in [0.29, 0.717) is 15.7 Å². The number of benzene rings is 1. The number of hydrogen-bond donors (Lipinski definition) is 1. The highest BCUT2D eigenvalue weighted by Gasteiger charge is 2.21. The van der Waals surface area contributed by atoms with Gasteiger partial charge >= 0.3 is 0 Å². The Morgan fingerprint density at radius 1 is 1.17 bits per heavy atom. The van der Waals surface area contributed by atoms with Gasteiger partial charge in [-0.15, -0.1) is 0 Å². The van der Waals surface area contributed by atoms with Crippen molar-refractivity contribution in [2.75, 3.05) is 19.4 Å². The van der Waals surface area contributed by atoms with Crippen LogP contribution in [0.5, 0.6) is 0 Å². The molecule has 0 aliphatic rings. The quantitative estimate of drug-likeness (QED) is 0.782. The van der Waals surface area contributed by atoms with Gasteiger partial charge in [-0.1, -0.05) is 23.5 Å². The maximum atomic E-state index is 12.5. The van der Waals surface area contributed by atoms with Gasteiger partial charge in [-0.2, -0.15) is 0 Å². The molecule has 2 aromatic heterocycles.